The van der Waals surface area contributed by atoms with Crippen LogP contribution in [-0.2, 0) is 6.54 Å². The quantitative estimate of drug-likeness (QED) is 0.548. The maximum absolute atomic E-state index is 4.59. The van der Waals surface area contributed by atoms with Crippen LogP contribution in [0.3, 0.4) is 0 Å². The Labute approximate surface area is 157 Å². The molecule has 25 heavy (non-hydrogen) atoms. The smallest absolute Gasteiger partial charge is 0.191 e. The lowest BCUT2D eigenvalue weighted by atomic mass is 9.93. The van der Waals surface area contributed by atoms with Crippen LogP contribution in [0.2, 0.25) is 0 Å². The number of rotatable bonds is 8. The highest BCUT2D eigenvalue weighted by molar-refractivity contribution is 7.11. The largest absolute Gasteiger partial charge is 0.355 e. The van der Waals surface area contributed by atoms with Crippen LogP contribution >= 0.6 is 11.3 Å². The minimum atomic E-state index is 0.598. The van der Waals surface area contributed by atoms with Crippen molar-refractivity contribution in [3.8, 4) is 0 Å². The van der Waals surface area contributed by atoms with E-state index in [1.165, 1.54) is 43.6 Å². The highest BCUT2D eigenvalue weighted by Gasteiger charge is 2.27. The number of aryl methyl sites for hydroxylation is 2. The molecule has 2 rings (SSSR count). The third-order valence-electron chi connectivity index (χ3n) is 5.38. The molecule has 1 aliphatic heterocycles. The van der Waals surface area contributed by atoms with Crippen LogP contribution in [0.25, 0.3) is 0 Å². The van der Waals surface area contributed by atoms with Crippen LogP contribution in [-0.4, -0.2) is 48.6 Å². The normalized spacial score (nSPS) is 17.3. The average molecular weight is 366 g/mol. The third kappa shape index (κ3) is 5.68. The number of guanidine groups is 1. The van der Waals surface area contributed by atoms with E-state index in [0.717, 1.165) is 35.7 Å². The predicted octanol–water partition coefficient (Wildman–Crippen LogP) is 3.33. The second-order valence-corrected chi connectivity index (χ2v) is 8.23. The van der Waals surface area contributed by atoms with E-state index in [4.69, 9.17) is 0 Å². The topological polar surface area (TPSA) is 52.6 Å². The zero-order valence-electron chi connectivity index (χ0n) is 16.6. The zero-order chi connectivity index (χ0) is 18.2. The highest BCUT2D eigenvalue weighted by Crippen LogP contribution is 2.22. The highest BCUT2D eigenvalue weighted by atomic mass is 32.1. The van der Waals surface area contributed by atoms with Gasteiger partial charge >= 0.3 is 0 Å². The number of thiazole rings is 1. The van der Waals surface area contributed by atoms with Gasteiger partial charge in [0.2, 0.25) is 0 Å². The molecular weight excluding hydrogens is 330 g/mol. The third-order valence-corrected chi connectivity index (χ3v) is 6.46. The molecule has 0 bridgehead atoms. The van der Waals surface area contributed by atoms with Gasteiger partial charge in [-0.15, -0.1) is 11.3 Å². The van der Waals surface area contributed by atoms with Gasteiger partial charge in [-0.25, -0.2) is 4.98 Å². The average Bonchev–Trinajstić information content (AvgIpc) is 3.24. The number of nitrogens with one attached hydrogen (secondary N) is 2. The Morgan fingerprint density at radius 2 is 1.88 bits per heavy atom. The molecule has 142 valence electrons. The molecule has 0 spiro atoms. The van der Waals surface area contributed by atoms with E-state index in [1.54, 1.807) is 11.3 Å². The van der Waals surface area contributed by atoms with E-state index in [9.17, 15) is 0 Å². The molecule has 0 amide bonds. The van der Waals surface area contributed by atoms with Gasteiger partial charge < -0.3 is 10.6 Å². The monoisotopic (exact) mass is 365 g/mol. The molecule has 1 saturated heterocycles. The molecule has 0 aliphatic carbocycles. The fraction of sp³-hybridized carbons (Fsp3) is 0.789. The van der Waals surface area contributed by atoms with Gasteiger partial charge in [0.15, 0.2) is 5.96 Å². The van der Waals surface area contributed by atoms with Crippen molar-refractivity contribution in [2.75, 3.05) is 26.7 Å². The van der Waals surface area contributed by atoms with E-state index < -0.39 is 0 Å². The van der Waals surface area contributed by atoms with Gasteiger partial charge in [0.05, 0.1) is 12.2 Å². The first-order valence-electron chi connectivity index (χ1n) is 9.70. The van der Waals surface area contributed by atoms with Gasteiger partial charge in [-0.1, -0.05) is 26.7 Å². The Bertz CT molecular complexity index is 523. The van der Waals surface area contributed by atoms with Crippen LogP contribution in [0.15, 0.2) is 4.99 Å². The Kier molecular flexibility index (Phi) is 8.16. The summed E-state index contributed by atoms with van der Waals surface area (Å²) < 4.78 is 0. The number of hydrogen-bond donors (Lipinski definition) is 2. The van der Waals surface area contributed by atoms with Gasteiger partial charge in [-0.05, 0) is 45.7 Å². The molecule has 1 fully saturated rings. The number of likely N-dealkylation sites (tertiary alicyclic amines) is 1. The number of nitrogens with zero attached hydrogens (tertiary/aromatic N) is 3. The second-order valence-electron chi connectivity index (χ2n) is 6.94. The van der Waals surface area contributed by atoms with Crippen LogP contribution < -0.4 is 10.6 Å². The molecule has 5 nitrogen and oxygen atoms in total. The van der Waals surface area contributed by atoms with E-state index in [1.807, 2.05) is 7.05 Å². The number of aromatic nitrogens is 1. The fourth-order valence-electron chi connectivity index (χ4n) is 3.70. The van der Waals surface area contributed by atoms with E-state index in [2.05, 4.69) is 53.2 Å². The van der Waals surface area contributed by atoms with Gasteiger partial charge in [-0.3, -0.25) is 9.89 Å². The summed E-state index contributed by atoms with van der Waals surface area (Å²) >= 11 is 1.76. The van der Waals surface area contributed by atoms with Crippen molar-refractivity contribution in [3.05, 3.63) is 15.6 Å². The molecule has 2 N–H and O–H groups in total. The first kappa shape index (κ1) is 20.2. The van der Waals surface area contributed by atoms with E-state index in [0.29, 0.717) is 6.04 Å². The van der Waals surface area contributed by atoms with Gasteiger partial charge in [-0.2, -0.15) is 0 Å². The van der Waals surface area contributed by atoms with Crippen molar-refractivity contribution in [1.82, 2.24) is 20.5 Å². The molecule has 1 unspecified atom stereocenters. The first-order chi connectivity index (χ1) is 12.1. The van der Waals surface area contributed by atoms with Crippen molar-refractivity contribution in [1.29, 1.82) is 0 Å². The summed E-state index contributed by atoms with van der Waals surface area (Å²) in [6.07, 6.45) is 5.16. The van der Waals surface area contributed by atoms with E-state index >= 15 is 0 Å². The van der Waals surface area contributed by atoms with Gasteiger partial charge in [0.1, 0.15) is 5.01 Å². The molecule has 6 heteroatoms. The number of hydrogen-bond acceptors (Lipinski definition) is 4. The molecule has 1 aromatic rings. The summed E-state index contributed by atoms with van der Waals surface area (Å²) in [5.41, 5.74) is 1.13. The molecule has 2 heterocycles. The summed E-state index contributed by atoms with van der Waals surface area (Å²) in [5.74, 6) is 1.62. The van der Waals surface area contributed by atoms with Crippen LogP contribution in [0.5, 0.6) is 0 Å². The van der Waals surface area contributed by atoms with Crippen LogP contribution in [0.1, 0.15) is 55.1 Å². The van der Waals surface area contributed by atoms with Gasteiger partial charge in [0.25, 0.3) is 0 Å². The predicted molar refractivity (Wildman–Crippen MR) is 108 cm³/mol. The van der Waals surface area contributed by atoms with Crippen molar-refractivity contribution in [2.24, 2.45) is 10.9 Å². The van der Waals surface area contributed by atoms with Crippen molar-refractivity contribution < 1.29 is 0 Å². The summed E-state index contributed by atoms with van der Waals surface area (Å²) in [6.45, 7) is 13.0. The Hall–Kier alpha value is -1.14. The summed E-state index contributed by atoms with van der Waals surface area (Å²) in [5, 5.41) is 8.10. The van der Waals surface area contributed by atoms with Crippen LogP contribution in [0, 0.1) is 19.8 Å². The van der Waals surface area contributed by atoms with Crippen molar-refractivity contribution in [2.45, 2.75) is 66.0 Å². The summed E-state index contributed by atoms with van der Waals surface area (Å²) in [4.78, 5) is 13.0. The Morgan fingerprint density at radius 3 is 2.40 bits per heavy atom. The lowest BCUT2D eigenvalue weighted by molar-refractivity contribution is 0.166. The zero-order valence-corrected chi connectivity index (χ0v) is 17.4. The minimum absolute atomic E-state index is 0.598. The summed E-state index contributed by atoms with van der Waals surface area (Å²) in [7, 11) is 1.84. The molecule has 0 aromatic carbocycles. The molecule has 1 aliphatic rings. The second kappa shape index (κ2) is 10.1. The minimum Gasteiger partial charge on any atom is -0.355 e. The first-order valence-corrected chi connectivity index (χ1v) is 10.5. The van der Waals surface area contributed by atoms with Crippen molar-refractivity contribution in [3.63, 3.8) is 0 Å². The molecule has 0 radical (unpaired) electrons. The fourth-order valence-corrected chi connectivity index (χ4v) is 4.57. The SMILES string of the molecule is CCC(CC)C(CNC(=NC)NCc1nc(C)c(C)s1)N1CCCC1. The lowest BCUT2D eigenvalue weighted by Gasteiger charge is -2.34. The standard InChI is InChI=1S/C19H35N5S/c1-6-16(7-2)17(24-10-8-9-11-24)12-21-19(20-5)22-13-18-23-14(3)15(4)25-18/h16-17H,6-13H2,1-5H3,(H2,20,21,22). The molecule has 1 aromatic heterocycles. The summed E-state index contributed by atoms with van der Waals surface area (Å²) in [6, 6.07) is 0.598. The Balaban J connectivity index is 1.89. The molecular formula is C19H35N5S. The van der Waals surface area contributed by atoms with Gasteiger partial charge in [0, 0.05) is 24.5 Å². The maximum Gasteiger partial charge on any atom is 0.191 e. The molecule has 1 atom stereocenters. The van der Waals surface area contributed by atoms with Crippen molar-refractivity contribution >= 4 is 17.3 Å². The Morgan fingerprint density at radius 1 is 1.20 bits per heavy atom. The van der Waals surface area contributed by atoms with Crippen LogP contribution in [0.4, 0.5) is 0 Å². The molecule has 0 saturated carbocycles. The van der Waals surface area contributed by atoms with E-state index in [-0.39, 0.29) is 0 Å². The number of aliphatic imine (C=N–C) groups is 1. The maximum atomic E-state index is 4.59. The lowest BCUT2D eigenvalue weighted by Crippen LogP contribution is -2.49.